The van der Waals surface area contributed by atoms with Gasteiger partial charge in [-0.3, -0.25) is 14.4 Å². The summed E-state index contributed by atoms with van der Waals surface area (Å²) in [6, 6.07) is 22.9. The molecular weight excluding hydrogens is 912 g/mol. The highest BCUT2D eigenvalue weighted by atomic mass is 32.1. The number of fused-ring (bicyclic) bond motifs is 7. The van der Waals surface area contributed by atoms with Gasteiger partial charge in [0.05, 0.1) is 22.5 Å². The van der Waals surface area contributed by atoms with Gasteiger partial charge in [0.1, 0.15) is 11.4 Å². The minimum absolute atomic E-state index is 0.191. The van der Waals surface area contributed by atoms with Crippen LogP contribution in [0.4, 0.5) is 49.8 Å². The smallest absolute Gasteiger partial charge is 0.360 e. The number of esters is 2. The zero-order valence-electron chi connectivity index (χ0n) is 35.9. The SMILES string of the molecule is CC(=O)OCCCN(C)c1ccc(N=Nc2nc3ccc(C(=O)N4CCc5c4ccc4[nH]c(C(=O)N6CCc7c6ccc6[nH]c(C(=O)Oc8c(F)c(F)c(F)c(F)c8F)cc76)cc54)cc3s2)cc1. The molecule has 0 atom stereocenters. The van der Waals surface area contributed by atoms with Gasteiger partial charge in [0.15, 0.2) is 0 Å². The van der Waals surface area contributed by atoms with Gasteiger partial charge in [-0.1, -0.05) is 11.3 Å². The topological polar surface area (TPSA) is 166 Å². The predicted octanol–water partition coefficient (Wildman–Crippen LogP) is 10.4. The highest BCUT2D eigenvalue weighted by Crippen LogP contribution is 2.40. The summed E-state index contributed by atoms with van der Waals surface area (Å²) in [4.78, 5) is 67.9. The van der Waals surface area contributed by atoms with Crippen LogP contribution in [0.25, 0.3) is 32.0 Å². The molecule has 2 aliphatic heterocycles. The number of amides is 2. The molecule has 0 fully saturated rings. The second-order valence-electron chi connectivity index (χ2n) is 16.1. The zero-order chi connectivity index (χ0) is 47.5. The second kappa shape index (κ2) is 17.3. The molecular formula is C48H35F5N8O6S. The van der Waals surface area contributed by atoms with Crippen molar-refractivity contribution in [2.24, 2.45) is 10.2 Å². The normalized spacial score (nSPS) is 13.3. The molecule has 0 bridgehead atoms. The number of aromatic nitrogens is 3. The van der Waals surface area contributed by atoms with Crippen molar-refractivity contribution in [2.75, 3.05) is 48.0 Å². The number of benzene rings is 5. The first-order valence-corrected chi connectivity index (χ1v) is 22.0. The first-order chi connectivity index (χ1) is 32.7. The van der Waals surface area contributed by atoms with Crippen molar-refractivity contribution in [3.8, 4) is 5.75 Å². The lowest BCUT2D eigenvalue weighted by molar-refractivity contribution is -0.141. The molecule has 10 rings (SSSR count). The van der Waals surface area contributed by atoms with Crippen LogP contribution in [-0.4, -0.2) is 72.0 Å². The van der Waals surface area contributed by atoms with E-state index < -0.39 is 40.8 Å². The van der Waals surface area contributed by atoms with Crippen LogP contribution in [0.3, 0.4) is 0 Å². The van der Waals surface area contributed by atoms with Crippen molar-refractivity contribution in [3.05, 3.63) is 136 Å². The average molecular weight is 947 g/mol. The fraction of sp³-hybridized carbons (Fsp3) is 0.188. The number of nitrogens with zero attached hydrogens (tertiary/aromatic N) is 6. The number of azo groups is 1. The summed E-state index contributed by atoms with van der Waals surface area (Å²) in [6.07, 6.45) is 1.63. The minimum Gasteiger partial charge on any atom is -0.466 e. The number of halogens is 5. The summed E-state index contributed by atoms with van der Waals surface area (Å²) in [5, 5.41) is 10.4. The number of anilines is 3. The molecule has 0 saturated carbocycles. The Morgan fingerprint density at radius 3 is 1.99 bits per heavy atom. The van der Waals surface area contributed by atoms with E-state index in [-0.39, 0.29) is 30.0 Å². The van der Waals surface area contributed by atoms with Crippen LogP contribution < -0.4 is 19.4 Å². The Morgan fingerprint density at radius 1 is 0.735 bits per heavy atom. The number of hydrogen-bond acceptors (Lipinski definition) is 11. The molecule has 344 valence electrons. The zero-order valence-corrected chi connectivity index (χ0v) is 36.7. The Bertz CT molecular complexity index is 3410. The molecule has 0 aliphatic carbocycles. The summed E-state index contributed by atoms with van der Waals surface area (Å²) in [5.74, 6) is -15.4. The van der Waals surface area contributed by atoms with Crippen molar-refractivity contribution in [1.29, 1.82) is 0 Å². The van der Waals surface area contributed by atoms with Crippen molar-refractivity contribution < 1.29 is 50.6 Å². The summed E-state index contributed by atoms with van der Waals surface area (Å²) < 4.78 is 79.9. The monoisotopic (exact) mass is 946 g/mol. The van der Waals surface area contributed by atoms with E-state index in [4.69, 9.17) is 4.74 Å². The van der Waals surface area contributed by atoms with Gasteiger partial charge in [-0.25, -0.2) is 22.9 Å². The molecule has 2 amide bonds. The summed E-state index contributed by atoms with van der Waals surface area (Å²) >= 11 is 1.32. The molecule has 14 nitrogen and oxygen atoms in total. The molecule has 2 aliphatic rings. The maximum atomic E-state index is 14.2. The van der Waals surface area contributed by atoms with E-state index in [0.29, 0.717) is 94.2 Å². The third kappa shape index (κ3) is 7.84. The van der Waals surface area contributed by atoms with E-state index >= 15 is 0 Å². The van der Waals surface area contributed by atoms with Crippen LogP contribution in [0.15, 0.2) is 89.1 Å². The van der Waals surface area contributed by atoms with Crippen LogP contribution in [-0.2, 0) is 22.4 Å². The van der Waals surface area contributed by atoms with Crippen LogP contribution in [0, 0.1) is 29.1 Å². The summed E-state index contributed by atoms with van der Waals surface area (Å²) in [6.45, 7) is 3.16. The molecule has 5 heterocycles. The fourth-order valence-corrected chi connectivity index (χ4v) is 9.43. The largest absolute Gasteiger partial charge is 0.466 e. The fourth-order valence-electron chi connectivity index (χ4n) is 8.60. The van der Waals surface area contributed by atoms with Crippen molar-refractivity contribution in [3.63, 3.8) is 0 Å². The lowest BCUT2D eigenvalue weighted by Crippen LogP contribution is -2.29. The maximum absolute atomic E-state index is 14.2. The number of rotatable bonds is 11. The molecule has 0 unspecified atom stereocenters. The second-order valence-corrected chi connectivity index (χ2v) is 17.1. The summed E-state index contributed by atoms with van der Waals surface area (Å²) in [5.41, 5.74) is 6.78. The first-order valence-electron chi connectivity index (χ1n) is 21.2. The Morgan fingerprint density at radius 2 is 1.34 bits per heavy atom. The van der Waals surface area contributed by atoms with Gasteiger partial charge >= 0.3 is 11.9 Å². The molecule has 0 spiro atoms. The van der Waals surface area contributed by atoms with Gasteiger partial charge in [-0.2, -0.15) is 8.78 Å². The molecule has 68 heavy (non-hydrogen) atoms. The summed E-state index contributed by atoms with van der Waals surface area (Å²) in [7, 11) is 1.96. The highest BCUT2D eigenvalue weighted by molar-refractivity contribution is 7.21. The van der Waals surface area contributed by atoms with Gasteiger partial charge in [0.25, 0.3) is 11.8 Å². The van der Waals surface area contributed by atoms with Gasteiger partial charge in [0.2, 0.25) is 40.0 Å². The third-order valence-electron chi connectivity index (χ3n) is 11.9. The molecule has 2 N–H and O–H groups in total. The van der Waals surface area contributed by atoms with E-state index in [1.807, 2.05) is 43.4 Å². The lowest BCUT2D eigenvalue weighted by Gasteiger charge is -2.19. The van der Waals surface area contributed by atoms with Gasteiger partial charge in [-0.15, -0.1) is 10.2 Å². The Hall–Kier alpha value is -8.00. The Labute approximate surface area is 385 Å². The highest BCUT2D eigenvalue weighted by Gasteiger charge is 2.33. The Balaban J connectivity index is 0.818. The molecule has 8 aromatic rings. The van der Waals surface area contributed by atoms with E-state index in [2.05, 4.69) is 34.8 Å². The van der Waals surface area contributed by atoms with Crippen LogP contribution >= 0.6 is 11.3 Å². The number of ether oxygens (including phenoxy) is 2. The van der Waals surface area contributed by atoms with E-state index in [0.717, 1.165) is 27.0 Å². The van der Waals surface area contributed by atoms with Crippen LogP contribution in [0.2, 0.25) is 0 Å². The molecule has 5 aromatic carbocycles. The number of aromatic amines is 2. The van der Waals surface area contributed by atoms with E-state index in [1.165, 1.54) is 24.3 Å². The predicted molar refractivity (Wildman–Crippen MR) is 243 cm³/mol. The van der Waals surface area contributed by atoms with Crippen LogP contribution in [0.1, 0.15) is 55.8 Å². The van der Waals surface area contributed by atoms with Gasteiger partial charge in [0, 0.05) is 78.0 Å². The van der Waals surface area contributed by atoms with E-state index in [1.54, 1.807) is 46.2 Å². The first kappa shape index (κ1) is 43.9. The van der Waals surface area contributed by atoms with Crippen molar-refractivity contribution in [2.45, 2.75) is 26.2 Å². The van der Waals surface area contributed by atoms with Crippen molar-refractivity contribution in [1.82, 2.24) is 15.0 Å². The van der Waals surface area contributed by atoms with E-state index in [9.17, 15) is 41.1 Å². The quantitative estimate of drug-likeness (QED) is 0.0246. The molecule has 3 aromatic heterocycles. The average Bonchev–Trinajstić information content (AvgIpc) is 4.20. The standard InChI is InChI=1S/C48H35F5N8O6S/c1-23(62)66-19-3-16-59(2)26-7-5-25(6-8-26)57-58-48-56-33-9-4-24(20-38(33)68-48)45(63)60-17-14-27-29-21-34(54-31(29)10-12-36(27)60)46(64)61-18-15-28-30-22-35(55-32(30)11-13-37(28)61)47(65)67-44-42(52)40(50)39(49)41(51)43(44)53/h4-13,20-22,54-55H,3,14-19H2,1-2H3. The number of carbonyl (C=O) groups excluding carboxylic acids is 4. The minimum atomic E-state index is -2.38. The number of nitrogens with one attached hydrogen (secondary N) is 2. The molecule has 0 radical (unpaired) electrons. The number of hydrogen-bond donors (Lipinski definition) is 2. The Kier molecular flexibility index (Phi) is 11.2. The van der Waals surface area contributed by atoms with Crippen molar-refractivity contribution >= 4 is 95.0 Å². The third-order valence-corrected chi connectivity index (χ3v) is 12.8. The van der Waals surface area contributed by atoms with Crippen LogP contribution in [0.5, 0.6) is 5.75 Å². The van der Waals surface area contributed by atoms with Gasteiger partial charge in [-0.05, 0) is 109 Å². The number of thiazole rings is 1. The number of carbonyl (C=O) groups is 4. The number of H-pyrrole nitrogens is 2. The lowest BCUT2D eigenvalue weighted by atomic mass is 10.1. The molecule has 20 heteroatoms. The van der Waals surface area contributed by atoms with Gasteiger partial charge < -0.3 is 34.1 Å². The molecule has 0 saturated heterocycles. The maximum Gasteiger partial charge on any atom is 0.360 e.